The molecule has 1 fully saturated rings. The average molecular weight is 404 g/mol. The fourth-order valence-corrected chi connectivity index (χ4v) is 4.67. The smallest absolute Gasteiger partial charge is 0.253 e. The molecule has 1 aliphatic carbocycles. The van der Waals surface area contributed by atoms with Crippen molar-refractivity contribution in [2.75, 3.05) is 12.8 Å². The van der Waals surface area contributed by atoms with Crippen molar-refractivity contribution in [3.05, 3.63) is 52.8 Å². The van der Waals surface area contributed by atoms with E-state index in [9.17, 15) is 13.2 Å². The van der Waals surface area contributed by atoms with Gasteiger partial charge in [0, 0.05) is 29.7 Å². The molecule has 1 amide bonds. The molecule has 3 rings (SSSR count). The quantitative estimate of drug-likeness (QED) is 0.778. The van der Waals surface area contributed by atoms with Gasteiger partial charge in [0.25, 0.3) is 5.91 Å². The van der Waals surface area contributed by atoms with Crippen LogP contribution in [0.1, 0.15) is 46.6 Å². The highest BCUT2D eigenvalue weighted by atomic mass is 32.2. The molecule has 0 bridgehead atoms. The Bertz CT molecular complexity index is 979. The molecule has 152 valence electrons. The highest BCUT2D eigenvalue weighted by molar-refractivity contribution is 7.88. The van der Waals surface area contributed by atoms with Crippen molar-refractivity contribution < 1.29 is 13.2 Å². The largest absolute Gasteiger partial charge is 0.349 e. The number of carbonyl (C=O) groups excluding carboxylic acids is 1. The van der Waals surface area contributed by atoms with Crippen LogP contribution in [0.25, 0.3) is 5.69 Å². The number of aryl methyl sites for hydroxylation is 2. The van der Waals surface area contributed by atoms with Crippen LogP contribution in [0.2, 0.25) is 0 Å². The van der Waals surface area contributed by atoms with E-state index in [0.29, 0.717) is 12.1 Å². The zero-order valence-corrected chi connectivity index (χ0v) is 17.8. The second-order valence-electron chi connectivity index (χ2n) is 7.80. The second kappa shape index (κ2) is 8.09. The predicted molar refractivity (Wildman–Crippen MR) is 111 cm³/mol. The maximum Gasteiger partial charge on any atom is 0.253 e. The lowest BCUT2D eigenvalue weighted by molar-refractivity contribution is 0.0928. The number of nitrogens with one attached hydrogen (secondary N) is 2. The van der Waals surface area contributed by atoms with E-state index in [4.69, 9.17) is 0 Å². The number of para-hydroxylation sites is 1. The van der Waals surface area contributed by atoms with E-state index in [-0.39, 0.29) is 17.9 Å². The van der Waals surface area contributed by atoms with Gasteiger partial charge >= 0.3 is 0 Å². The zero-order valence-electron chi connectivity index (χ0n) is 17.0. The maximum absolute atomic E-state index is 13.0. The number of rotatable bonds is 6. The molecule has 0 unspecified atom stereocenters. The van der Waals surface area contributed by atoms with Gasteiger partial charge in [0.15, 0.2) is 0 Å². The number of aromatic nitrogens is 1. The van der Waals surface area contributed by atoms with Gasteiger partial charge in [-0.1, -0.05) is 24.6 Å². The Labute approximate surface area is 167 Å². The van der Waals surface area contributed by atoms with Gasteiger partial charge in [0.2, 0.25) is 10.0 Å². The first-order valence-corrected chi connectivity index (χ1v) is 11.6. The second-order valence-corrected chi connectivity index (χ2v) is 9.63. The van der Waals surface area contributed by atoms with Crippen LogP contribution in [0.5, 0.6) is 0 Å². The Morgan fingerprint density at radius 2 is 1.89 bits per heavy atom. The highest BCUT2D eigenvalue weighted by Crippen LogP contribution is 2.27. The minimum atomic E-state index is -3.23. The van der Waals surface area contributed by atoms with Gasteiger partial charge in [-0.05, 0) is 57.2 Å². The van der Waals surface area contributed by atoms with E-state index in [1.54, 1.807) is 0 Å². The van der Waals surface area contributed by atoms with Crippen molar-refractivity contribution >= 4 is 15.9 Å². The molecule has 2 aromatic rings. The summed E-state index contributed by atoms with van der Waals surface area (Å²) in [5.41, 5.74) is 4.82. The molecule has 0 spiro atoms. The lowest BCUT2D eigenvalue weighted by Gasteiger charge is -2.21. The number of sulfonamides is 1. The van der Waals surface area contributed by atoms with Crippen molar-refractivity contribution in [1.29, 1.82) is 0 Å². The van der Waals surface area contributed by atoms with Gasteiger partial charge in [0.1, 0.15) is 0 Å². The van der Waals surface area contributed by atoms with Crippen LogP contribution in [0.3, 0.4) is 0 Å². The molecule has 0 aliphatic heterocycles. The maximum atomic E-state index is 13.0. The normalized spacial score (nSPS) is 19.7. The molecule has 0 radical (unpaired) electrons. The Kier molecular flexibility index (Phi) is 5.95. The number of carbonyl (C=O) groups is 1. The summed E-state index contributed by atoms with van der Waals surface area (Å²) in [7, 11) is -3.23. The molecular formula is C21H29N3O3S. The Balaban J connectivity index is 1.78. The van der Waals surface area contributed by atoms with Crippen molar-refractivity contribution in [3.8, 4) is 5.69 Å². The third-order valence-electron chi connectivity index (χ3n) is 5.62. The van der Waals surface area contributed by atoms with Gasteiger partial charge < -0.3 is 9.88 Å². The SMILES string of the molecule is Cc1ccccc1-n1c(C)cc(C(=O)N[C@H]2CCC[C@H]2CNS(C)(=O)=O)c1C. The summed E-state index contributed by atoms with van der Waals surface area (Å²) < 4.78 is 27.5. The van der Waals surface area contributed by atoms with E-state index in [0.717, 1.165) is 48.2 Å². The monoisotopic (exact) mass is 403 g/mol. The van der Waals surface area contributed by atoms with Crippen LogP contribution in [-0.2, 0) is 10.0 Å². The molecule has 1 aromatic heterocycles. The standard InChI is InChI=1S/C21H29N3O3S/c1-14-8-5-6-11-20(14)24-15(2)12-18(16(24)3)21(25)23-19-10-7-9-17(19)13-22-28(4,26)27/h5-6,8,11-12,17,19,22H,7,9-10,13H2,1-4H3,(H,23,25)/t17-,19-/m0/s1. The predicted octanol–water partition coefficient (Wildman–Crippen LogP) is 2.85. The molecule has 2 atom stereocenters. The number of benzene rings is 1. The van der Waals surface area contributed by atoms with E-state index >= 15 is 0 Å². The average Bonchev–Trinajstić information content (AvgIpc) is 3.17. The van der Waals surface area contributed by atoms with Gasteiger partial charge in [-0.3, -0.25) is 4.79 Å². The van der Waals surface area contributed by atoms with Crippen molar-refractivity contribution in [1.82, 2.24) is 14.6 Å². The molecule has 1 aromatic carbocycles. The molecule has 7 heteroatoms. The number of hydrogen-bond donors (Lipinski definition) is 2. The van der Waals surface area contributed by atoms with Crippen molar-refractivity contribution in [3.63, 3.8) is 0 Å². The molecule has 0 saturated heterocycles. The molecule has 6 nitrogen and oxygen atoms in total. The summed E-state index contributed by atoms with van der Waals surface area (Å²) in [5, 5.41) is 3.14. The summed E-state index contributed by atoms with van der Waals surface area (Å²) in [5.74, 6) is 0.0303. The number of nitrogens with zero attached hydrogens (tertiary/aromatic N) is 1. The lowest BCUT2D eigenvalue weighted by atomic mass is 10.0. The first kappa shape index (κ1) is 20.6. The minimum Gasteiger partial charge on any atom is -0.349 e. The third kappa shape index (κ3) is 4.47. The van der Waals surface area contributed by atoms with Crippen LogP contribution in [0.4, 0.5) is 0 Å². The molecule has 1 heterocycles. The fourth-order valence-electron chi connectivity index (χ4n) is 4.15. The van der Waals surface area contributed by atoms with E-state index < -0.39 is 10.0 Å². The Morgan fingerprint density at radius 3 is 2.57 bits per heavy atom. The van der Waals surface area contributed by atoms with Crippen LogP contribution in [0.15, 0.2) is 30.3 Å². The van der Waals surface area contributed by atoms with Gasteiger partial charge in [0.05, 0.1) is 11.8 Å². The summed E-state index contributed by atoms with van der Waals surface area (Å²) in [6.45, 7) is 6.40. The van der Waals surface area contributed by atoms with Gasteiger partial charge in [-0.2, -0.15) is 0 Å². The summed E-state index contributed by atoms with van der Waals surface area (Å²) >= 11 is 0. The van der Waals surface area contributed by atoms with E-state index in [1.165, 1.54) is 0 Å². The fraction of sp³-hybridized carbons (Fsp3) is 0.476. The number of amides is 1. The summed E-state index contributed by atoms with van der Waals surface area (Å²) in [4.78, 5) is 13.0. The summed E-state index contributed by atoms with van der Waals surface area (Å²) in [6, 6.07) is 10.0. The van der Waals surface area contributed by atoms with Crippen LogP contribution < -0.4 is 10.0 Å². The topological polar surface area (TPSA) is 80.2 Å². The van der Waals surface area contributed by atoms with E-state index in [2.05, 4.69) is 33.7 Å². The van der Waals surface area contributed by atoms with Crippen LogP contribution >= 0.6 is 0 Å². The van der Waals surface area contributed by atoms with Crippen LogP contribution in [-0.4, -0.2) is 37.7 Å². The van der Waals surface area contributed by atoms with E-state index in [1.807, 2.05) is 32.0 Å². The third-order valence-corrected chi connectivity index (χ3v) is 6.31. The first-order chi connectivity index (χ1) is 13.2. The molecule has 1 aliphatic rings. The molecule has 1 saturated carbocycles. The Morgan fingerprint density at radius 1 is 1.18 bits per heavy atom. The minimum absolute atomic E-state index is 0.0109. The lowest BCUT2D eigenvalue weighted by Crippen LogP contribution is -2.42. The molecule has 28 heavy (non-hydrogen) atoms. The molecule has 2 N–H and O–H groups in total. The number of hydrogen-bond acceptors (Lipinski definition) is 3. The van der Waals surface area contributed by atoms with Crippen molar-refractivity contribution in [2.45, 2.75) is 46.1 Å². The first-order valence-electron chi connectivity index (χ1n) is 9.68. The Hall–Kier alpha value is -2.12. The van der Waals surface area contributed by atoms with Crippen LogP contribution in [0, 0.1) is 26.7 Å². The molecular weight excluding hydrogens is 374 g/mol. The highest BCUT2D eigenvalue weighted by Gasteiger charge is 2.30. The van der Waals surface area contributed by atoms with Gasteiger partial charge in [-0.25, -0.2) is 13.1 Å². The summed E-state index contributed by atoms with van der Waals surface area (Å²) in [6.07, 6.45) is 3.94. The van der Waals surface area contributed by atoms with Crippen molar-refractivity contribution in [2.24, 2.45) is 5.92 Å². The van der Waals surface area contributed by atoms with Gasteiger partial charge in [-0.15, -0.1) is 0 Å². The zero-order chi connectivity index (χ0) is 20.5.